The van der Waals surface area contributed by atoms with E-state index in [4.69, 9.17) is 0 Å². The summed E-state index contributed by atoms with van der Waals surface area (Å²) in [5.74, 6) is -1.61. The predicted molar refractivity (Wildman–Crippen MR) is 78.1 cm³/mol. The molecule has 4 nitrogen and oxygen atoms in total. The lowest BCUT2D eigenvalue weighted by Crippen LogP contribution is -2.40. The van der Waals surface area contributed by atoms with Gasteiger partial charge in [0.15, 0.2) is 0 Å². The first-order valence-corrected chi connectivity index (χ1v) is 7.52. The number of benzene rings is 1. The molecule has 0 aliphatic heterocycles. The Balaban J connectivity index is 2.32. The molecule has 3 amide bonds. The highest BCUT2D eigenvalue weighted by Crippen LogP contribution is 2.21. The molecule has 0 saturated heterocycles. The van der Waals surface area contributed by atoms with Gasteiger partial charge in [0.05, 0.1) is 5.75 Å². The predicted octanol–water partition coefficient (Wildman–Crippen LogP) is 2.93. The molecule has 0 spiro atoms. The summed E-state index contributed by atoms with van der Waals surface area (Å²) in [5.41, 5.74) is 0. The quantitative estimate of drug-likeness (QED) is 0.793. The van der Waals surface area contributed by atoms with Crippen LogP contribution in [-0.2, 0) is 4.79 Å². The van der Waals surface area contributed by atoms with Gasteiger partial charge in [-0.25, -0.2) is 13.6 Å². The molecule has 0 heterocycles. The molecule has 0 bridgehead atoms. The zero-order chi connectivity index (χ0) is 15.8. The van der Waals surface area contributed by atoms with E-state index in [2.05, 4.69) is 10.6 Å². The molecule has 1 rings (SSSR count). The molecule has 0 unspecified atom stereocenters. The third-order valence-corrected chi connectivity index (χ3v) is 3.56. The molecule has 0 aliphatic rings. The monoisotopic (exact) mass is 316 g/mol. The number of hydrogen-bond donors (Lipinski definition) is 2. The fourth-order valence-corrected chi connectivity index (χ4v) is 2.14. The number of carbonyl (C=O) groups excluding carboxylic acids is 2. The lowest BCUT2D eigenvalue weighted by molar-refractivity contribution is -0.117. The second-order valence-electron chi connectivity index (χ2n) is 4.85. The van der Waals surface area contributed by atoms with Gasteiger partial charge in [-0.2, -0.15) is 0 Å². The summed E-state index contributed by atoms with van der Waals surface area (Å²) in [6, 6.07) is 2.55. The highest BCUT2D eigenvalue weighted by Gasteiger charge is 2.10. The second kappa shape index (κ2) is 8.61. The molecule has 0 atom stereocenters. The van der Waals surface area contributed by atoms with E-state index in [1.807, 2.05) is 13.8 Å². The zero-order valence-electron chi connectivity index (χ0n) is 11.9. The standard InChI is InChI=1S/C14H18F2N2O2S/c1-9(2)5-6-17-14(20)18-13(19)8-21-12-4-3-10(15)7-11(12)16/h3-4,7,9H,5-6,8H2,1-2H3,(H2,17,18,19,20). The molecule has 116 valence electrons. The van der Waals surface area contributed by atoms with E-state index in [0.29, 0.717) is 12.5 Å². The average molecular weight is 316 g/mol. The van der Waals surface area contributed by atoms with Crippen LogP contribution in [0.4, 0.5) is 13.6 Å². The third-order valence-electron chi connectivity index (χ3n) is 2.51. The van der Waals surface area contributed by atoms with E-state index in [-0.39, 0.29) is 10.6 Å². The van der Waals surface area contributed by atoms with Crippen LogP contribution in [0, 0.1) is 17.6 Å². The largest absolute Gasteiger partial charge is 0.338 e. The fourth-order valence-electron chi connectivity index (χ4n) is 1.42. The van der Waals surface area contributed by atoms with Crippen LogP contribution in [0.5, 0.6) is 0 Å². The van der Waals surface area contributed by atoms with Gasteiger partial charge in [0.1, 0.15) is 11.6 Å². The summed E-state index contributed by atoms with van der Waals surface area (Å²) in [6.45, 7) is 4.54. The molecule has 0 aromatic heterocycles. The van der Waals surface area contributed by atoms with Crippen LogP contribution in [0.15, 0.2) is 23.1 Å². The Hall–Kier alpha value is -1.63. The zero-order valence-corrected chi connectivity index (χ0v) is 12.7. The molecular weight excluding hydrogens is 298 g/mol. The third kappa shape index (κ3) is 7.08. The molecular formula is C14H18F2N2O2S. The van der Waals surface area contributed by atoms with Crippen LogP contribution < -0.4 is 10.6 Å². The van der Waals surface area contributed by atoms with Crippen molar-refractivity contribution < 1.29 is 18.4 Å². The minimum atomic E-state index is -0.728. The van der Waals surface area contributed by atoms with Crippen molar-refractivity contribution in [2.75, 3.05) is 12.3 Å². The second-order valence-corrected chi connectivity index (χ2v) is 5.87. The number of amides is 3. The number of nitrogens with one attached hydrogen (secondary N) is 2. The lowest BCUT2D eigenvalue weighted by atomic mass is 10.1. The minimum absolute atomic E-state index is 0.125. The van der Waals surface area contributed by atoms with Gasteiger partial charge >= 0.3 is 6.03 Å². The van der Waals surface area contributed by atoms with Crippen molar-refractivity contribution in [3.63, 3.8) is 0 Å². The smallest absolute Gasteiger partial charge is 0.321 e. The van der Waals surface area contributed by atoms with Crippen molar-refractivity contribution >= 4 is 23.7 Å². The van der Waals surface area contributed by atoms with Gasteiger partial charge in [0, 0.05) is 17.5 Å². The maximum absolute atomic E-state index is 13.3. The van der Waals surface area contributed by atoms with Gasteiger partial charge in [-0.15, -0.1) is 11.8 Å². The number of hydrogen-bond acceptors (Lipinski definition) is 3. The highest BCUT2D eigenvalue weighted by atomic mass is 32.2. The van der Waals surface area contributed by atoms with Crippen molar-refractivity contribution in [3.05, 3.63) is 29.8 Å². The summed E-state index contributed by atoms with van der Waals surface area (Å²) in [4.78, 5) is 23.1. The van der Waals surface area contributed by atoms with Gasteiger partial charge in [-0.3, -0.25) is 10.1 Å². The van der Waals surface area contributed by atoms with Crippen LogP contribution in [-0.4, -0.2) is 24.2 Å². The van der Waals surface area contributed by atoms with E-state index in [0.717, 1.165) is 30.3 Å². The van der Waals surface area contributed by atoms with E-state index in [9.17, 15) is 18.4 Å². The topological polar surface area (TPSA) is 58.2 Å². The Morgan fingerprint density at radius 1 is 1.29 bits per heavy atom. The Bertz CT molecular complexity index is 510. The Labute approximate surface area is 126 Å². The maximum atomic E-state index is 13.3. The van der Waals surface area contributed by atoms with Crippen LogP contribution in [0.25, 0.3) is 0 Å². The van der Waals surface area contributed by atoms with E-state index in [1.54, 1.807) is 0 Å². The van der Waals surface area contributed by atoms with Crippen molar-refractivity contribution in [1.82, 2.24) is 10.6 Å². The van der Waals surface area contributed by atoms with Gasteiger partial charge in [0.2, 0.25) is 5.91 Å². The van der Waals surface area contributed by atoms with Crippen molar-refractivity contribution in [2.45, 2.75) is 25.2 Å². The Morgan fingerprint density at radius 3 is 2.62 bits per heavy atom. The lowest BCUT2D eigenvalue weighted by Gasteiger charge is -2.08. The van der Waals surface area contributed by atoms with Crippen molar-refractivity contribution in [3.8, 4) is 0 Å². The first-order chi connectivity index (χ1) is 9.88. The molecule has 1 aromatic rings. The summed E-state index contributed by atoms with van der Waals surface area (Å²) >= 11 is 0.901. The van der Waals surface area contributed by atoms with Gasteiger partial charge < -0.3 is 5.32 Å². The van der Waals surface area contributed by atoms with Crippen LogP contribution >= 0.6 is 11.8 Å². The maximum Gasteiger partial charge on any atom is 0.321 e. The van der Waals surface area contributed by atoms with E-state index in [1.165, 1.54) is 6.07 Å². The summed E-state index contributed by atoms with van der Waals surface area (Å²) in [7, 11) is 0. The number of halogens is 2. The molecule has 0 fully saturated rings. The average Bonchev–Trinajstić information content (AvgIpc) is 2.37. The van der Waals surface area contributed by atoms with Crippen LogP contribution in [0.1, 0.15) is 20.3 Å². The van der Waals surface area contributed by atoms with Crippen LogP contribution in [0.3, 0.4) is 0 Å². The van der Waals surface area contributed by atoms with E-state index < -0.39 is 23.6 Å². The van der Waals surface area contributed by atoms with Crippen molar-refractivity contribution in [2.24, 2.45) is 5.92 Å². The van der Waals surface area contributed by atoms with Gasteiger partial charge in [0.25, 0.3) is 0 Å². The first-order valence-electron chi connectivity index (χ1n) is 6.54. The number of rotatable bonds is 6. The SMILES string of the molecule is CC(C)CCNC(=O)NC(=O)CSc1ccc(F)cc1F. The van der Waals surface area contributed by atoms with E-state index >= 15 is 0 Å². The molecule has 0 aliphatic carbocycles. The Kier molecular flexibility index (Phi) is 7.14. The molecule has 21 heavy (non-hydrogen) atoms. The number of carbonyl (C=O) groups is 2. The summed E-state index contributed by atoms with van der Waals surface area (Å²) in [5, 5.41) is 4.71. The van der Waals surface area contributed by atoms with Gasteiger partial charge in [-0.1, -0.05) is 13.8 Å². The number of imide groups is 1. The summed E-state index contributed by atoms with van der Waals surface area (Å²) in [6.07, 6.45) is 0.817. The molecule has 2 N–H and O–H groups in total. The molecule has 0 saturated carbocycles. The molecule has 7 heteroatoms. The van der Waals surface area contributed by atoms with Crippen LogP contribution in [0.2, 0.25) is 0 Å². The fraction of sp³-hybridized carbons (Fsp3) is 0.429. The highest BCUT2D eigenvalue weighted by molar-refractivity contribution is 8.00. The normalized spacial score (nSPS) is 10.5. The minimum Gasteiger partial charge on any atom is -0.338 e. The molecule has 0 radical (unpaired) electrons. The Morgan fingerprint density at radius 2 is 2.00 bits per heavy atom. The number of urea groups is 1. The number of thioether (sulfide) groups is 1. The first kappa shape index (κ1) is 17.4. The van der Waals surface area contributed by atoms with Gasteiger partial charge in [-0.05, 0) is 24.5 Å². The summed E-state index contributed by atoms with van der Waals surface area (Å²) < 4.78 is 26.0. The molecule has 1 aromatic carbocycles. The van der Waals surface area contributed by atoms with Crippen molar-refractivity contribution in [1.29, 1.82) is 0 Å².